The highest BCUT2D eigenvalue weighted by molar-refractivity contribution is 7.16. The average molecular weight is 307 g/mol. The number of rotatable bonds is 5. The smallest absolute Gasteiger partial charge is 0.338 e. The number of carboxylic acids is 1. The topological polar surface area (TPSA) is 66.4 Å². The highest BCUT2D eigenvalue weighted by atomic mass is 32.1. The average Bonchev–Trinajstić information content (AvgIpc) is 2.84. The molecule has 6 heteroatoms. The van der Waals surface area contributed by atoms with E-state index in [9.17, 15) is 14.0 Å². The predicted molar refractivity (Wildman–Crippen MR) is 79.4 cm³/mol. The Morgan fingerprint density at radius 1 is 1.29 bits per heavy atom. The number of amides is 1. The number of thiophene rings is 1. The molecule has 21 heavy (non-hydrogen) atoms. The van der Waals surface area contributed by atoms with Crippen LogP contribution in [0.4, 0.5) is 9.39 Å². The summed E-state index contributed by atoms with van der Waals surface area (Å²) in [6.45, 7) is 1.92. The Morgan fingerprint density at radius 2 is 1.95 bits per heavy atom. The lowest BCUT2D eigenvalue weighted by Gasteiger charge is -2.04. The summed E-state index contributed by atoms with van der Waals surface area (Å²) >= 11 is 1.26. The summed E-state index contributed by atoms with van der Waals surface area (Å²) in [5, 5.41) is 12.1. The summed E-state index contributed by atoms with van der Waals surface area (Å²) in [5.74, 6) is -1.75. The second-order valence-corrected chi connectivity index (χ2v) is 5.60. The molecule has 1 amide bonds. The maximum absolute atomic E-state index is 12.8. The minimum absolute atomic E-state index is 0.0682. The summed E-state index contributed by atoms with van der Waals surface area (Å²) in [5.41, 5.74) is 0.766. The Balaban J connectivity index is 2.10. The molecule has 0 atom stereocenters. The second-order valence-electron chi connectivity index (χ2n) is 4.47. The number of nitrogens with one attached hydrogen (secondary N) is 1. The number of anilines is 1. The van der Waals surface area contributed by atoms with Crippen molar-refractivity contribution in [2.75, 3.05) is 5.32 Å². The molecular weight excluding hydrogens is 293 g/mol. The molecule has 0 aliphatic heterocycles. The van der Waals surface area contributed by atoms with E-state index in [4.69, 9.17) is 5.11 Å². The van der Waals surface area contributed by atoms with Gasteiger partial charge < -0.3 is 10.4 Å². The van der Waals surface area contributed by atoms with Crippen molar-refractivity contribution in [2.24, 2.45) is 0 Å². The SMILES string of the molecule is CCc1cc(C(=O)O)c(NC(=O)Cc2ccc(F)cc2)s1. The largest absolute Gasteiger partial charge is 0.478 e. The molecule has 0 aliphatic rings. The van der Waals surface area contributed by atoms with Crippen LogP contribution in [0.1, 0.15) is 27.7 Å². The van der Waals surface area contributed by atoms with Crippen molar-refractivity contribution in [3.8, 4) is 0 Å². The second kappa shape index (κ2) is 6.49. The van der Waals surface area contributed by atoms with Crippen molar-refractivity contribution in [3.63, 3.8) is 0 Å². The Bertz CT molecular complexity index is 664. The molecule has 0 saturated heterocycles. The molecule has 0 saturated carbocycles. The fraction of sp³-hybridized carbons (Fsp3) is 0.200. The Labute approximate surface area is 125 Å². The molecule has 0 unspecified atom stereocenters. The van der Waals surface area contributed by atoms with Gasteiger partial charge in [-0.05, 0) is 30.2 Å². The first-order valence-electron chi connectivity index (χ1n) is 6.40. The van der Waals surface area contributed by atoms with Crippen LogP contribution >= 0.6 is 11.3 Å². The molecule has 4 nitrogen and oxygen atoms in total. The van der Waals surface area contributed by atoms with Crippen LogP contribution in [-0.4, -0.2) is 17.0 Å². The van der Waals surface area contributed by atoms with Gasteiger partial charge in [-0.25, -0.2) is 9.18 Å². The highest BCUT2D eigenvalue weighted by Crippen LogP contribution is 2.28. The van der Waals surface area contributed by atoms with Crippen LogP contribution < -0.4 is 5.32 Å². The Hall–Kier alpha value is -2.21. The number of aryl methyl sites for hydroxylation is 1. The summed E-state index contributed by atoms with van der Waals surface area (Å²) < 4.78 is 12.8. The zero-order valence-electron chi connectivity index (χ0n) is 11.4. The molecule has 0 spiro atoms. The number of carbonyl (C=O) groups is 2. The van der Waals surface area contributed by atoms with E-state index in [1.165, 1.54) is 35.6 Å². The van der Waals surface area contributed by atoms with Gasteiger partial charge in [0.2, 0.25) is 5.91 Å². The van der Waals surface area contributed by atoms with Gasteiger partial charge in [-0.3, -0.25) is 4.79 Å². The van der Waals surface area contributed by atoms with Crippen LogP contribution in [-0.2, 0) is 17.6 Å². The van der Waals surface area contributed by atoms with Crippen molar-refractivity contribution in [1.29, 1.82) is 0 Å². The Morgan fingerprint density at radius 3 is 2.52 bits per heavy atom. The molecule has 0 bridgehead atoms. The van der Waals surface area contributed by atoms with Gasteiger partial charge in [-0.2, -0.15) is 0 Å². The molecule has 2 rings (SSSR count). The molecule has 1 heterocycles. The van der Waals surface area contributed by atoms with E-state index < -0.39 is 5.97 Å². The highest BCUT2D eigenvalue weighted by Gasteiger charge is 2.16. The lowest BCUT2D eigenvalue weighted by Crippen LogP contribution is -2.15. The summed E-state index contributed by atoms with van der Waals surface area (Å²) in [7, 11) is 0. The summed E-state index contributed by atoms with van der Waals surface area (Å²) in [6.07, 6.45) is 0.775. The monoisotopic (exact) mass is 307 g/mol. The molecule has 0 aliphatic carbocycles. The fourth-order valence-electron chi connectivity index (χ4n) is 1.83. The maximum atomic E-state index is 12.8. The van der Waals surface area contributed by atoms with E-state index in [2.05, 4.69) is 5.32 Å². The zero-order valence-corrected chi connectivity index (χ0v) is 12.2. The van der Waals surface area contributed by atoms with E-state index in [1.807, 2.05) is 6.92 Å². The quantitative estimate of drug-likeness (QED) is 0.890. The molecule has 2 N–H and O–H groups in total. The van der Waals surface area contributed by atoms with Crippen molar-refractivity contribution >= 4 is 28.2 Å². The standard InChI is InChI=1S/C15H14FNO3S/c1-2-11-8-12(15(19)20)14(21-11)17-13(18)7-9-3-5-10(16)6-4-9/h3-6,8H,2,7H2,1H3,(H,17,18)(H,19,20). The number of hydrogen-bond donors (Lipinski definition) is 2. The first-order valence-corrected chi connectivity index (χ1v) is 7.21. The van der Waals surface area contributed by atoms with Crippen LogP contribution in [0, 0.1) is 5.82 Å². The lowest BCUT2D eigenvalue weighted by atomic mass is 10.1. The first-order chi connectivity index (χ1) is 9.99. The van der Waals surface area contributed by atoms with E-state index in [-0.39, 0.29) is 23.7 Å². The molecule has 110 valence electrons. The molecule has 0 radical (unpaired) electrons. The molecule has 0 fully saturated rings. The first kappa shape index (κ1) is 15.2. The van der Waals surface area contributed by atoms with Crippen molar-refractivity contribution in [2.45, 2.75) is 19.8 Å². The van der Waals surface area contributed by atoms with Gasteiger partial charge in [-0.15, -0.1) is 11.3 Å². The molecule has 2 aromatic rings. The van der Waals surface area contributed by atoms with E-state index in [1.54, 1.807) is 6.07 Å². The van der Waals surface area contributed by atoms with Crippen LogP contribution in [0.15, 0.2) is 30.3 Å². The van der Waals surface area contributed by atoms with Gasteiger partial charge in [0.1, 0.15) is 10.8 Å². The van der Waals surface area contributed by atoms with Gasteiger partial charge in [0.15, 0.2) is 0 Å². The third kappa shape index (κ3) is 3.88. The summed E-state index contributed by atoms with van der Waals surface area (Å²) in [4.78, 5) is 24.0. The third-order valence-corrected chi connectivity index (χ3v) is 4.09. The Kier molecular flexibility index (Phi) is 4.70. The van der Waals surface area contributed by atoms with Gasteiger partial charge in [0, 0.05) is 4.88 Å². The fourth-order valence-corrected chi connectivity index (χ4v) is 2.83. The normalized spacial score (nSPS) is 10.4. The minimum atomic E-state index is -1.07. The van der Waals surface area contributed by atoms with Crippen LogP contribution in [0.5, 0.6) is 0 Å². The zero-order chi connectivity index (χ0) is 15.4. The molecule has 1 aromatic carbocycles. The van der Waals surface area contributed by atoms with Crippen molar-refractivity contribution in [3.05, 3.63) is 52.2 Å². The van der Waals surface area contributed by atoms with Gasteiger partial charge in [0.25, 0.3) is 0 Å². The number of hydrogen-bond acceptors (Lipinski definition) is 3. The maximum Gasteiger partial charge on any atom is 0.338 e. The predicted octanol–water partition coefficient (Wildman–Crippen LogP) is 3.33. The minimum Gasteiger partial charge on any atom is -0.478 e. The van der Waals surface area contributed by atoms with Crippen LogP contribution in [0.25, 0.3) is 0 Å². The van der Waals surface area contributed by atoms with E-state index in [0.717, 1.165) is 4.88 Å². The number of carboxylic acid groups (broad SMARTS) is 1. The van der Waals surface area contributed by atoms with Crippen molar-refractivity contribution < 1.29 is 19.1 Å². The number of benzene rings is 1. The van der Waals surface area contributed by atoms with Crippen LogP contribution in [0.3, 0.4) is 0 Å². The van der Waals surface area contributed by atoms with Crippen LogP contribution in [0.2, 0.25) is 0 Å². The van der Waals surface area contributed by atoms with E-state index in [0.29, 0.717) is 17.0 Å². The number of aromatic carboxylic acids is 1. The molecular formula is C15H14FNO3S. The van der Waals surface area contributed by atoms with E-state index >= 15 is 0 Å². The van der Waals surface area contributed by atoms with Gasteiger partial charge >= 0.3 is 5.97 Å². The number of carbonyl (C=O) groups excluding carboxylic acids is 1. The van der Waals surface area contributed by atoms with Crippen molar-refractivity contribution in [1.82, 2.24) is 0 Å². The number of halogens is 1. The van der Waals surface area contributed by atoms with Gasteiger partial charge in [0.05, 0.1) is 12.0 Å². The third-order valence-electron chi connectivity index (χ3n) is 2.89. The summed E-state index contributed by atoms with van der Waals surface area (Å²) in [6, 6.07) is 7.19. The lowest BCUT2D eigenvalue weighted by molar-refractivity contribution is -0.115. The molecule has 1 aromatic heterocycles. The van der Waals surface area contributed by atoms with Gasteiger partial charge in [-0.1, -0.05) is 19.1 Å².